The van der Waals surface area contributed by atoms with Crippen LogP contribution in [-0.4, -0.2) is 28.5 Å². The molecule has 5 nitrogen and oxygen atoms in total. The Morgan fingerprint density at radius 2 is 2.06 bits per heavy atom. The monoisotopic (exact) mass is 244 g/mol. The average Bonchev–Trinajstić information content (AvgIpc) is 2.60. The Morgan fingerprint density at radius 3 is 2.72 bits per heavy atom. The number of rotatable bonds is 3. The standard InChI is InChI=1S/C13H12N2O3/c1-2-7-15-12(17)10(14-13(15)18)8-9-5-3-4-6-11(9)16/h2-6,8,16H,1,7H2,(H,14,18)/b10-8+. The first-order valence-electron chi connectivity index (χ1n) is 5.37. The average molecular weight is 244 g/mol. The molecule has 1 aliphatic rings. The van der Waals surface area contributed by atoms with Crippen LogP contribution in [0.1, 0.15) is 5.56 Å². The van der Waals surface area contributed by atoms with Gasteiger partial charge in [-0.3, -0.25) is 9.69 Å². The Morgan fingerprint density at radius 1 is 1.33 bits per heavy atom. The number of amides is 3. The SMILES string of the molecule is C=CCN1C(=O)N/C(=C/c2ccccc2O)C1=O. The molecule has 1 saturated heterocycles. The van der Waals surface area contributed by atoms with E-state index in [9.17, 15) is 14.7 Å². The molecule has 5 heteroatoms. The van der Waals surface area contributed by atoms with Gasteiger partial charge in [0.15, 0.2) is 0 Å². The predicted molar refractivity (Wildman–Crippen MR) is 66.5 cm³/mol. The molecular weight excluding hydrogens is 232 g/mol. The smallest absolute Gasteiger partial charge is 0.329 e. The number of para-hydroxylation sites is 1. The maximum absolute atomic E-state index is 11.9. The van der Waals surface area contributed by atoms with Gasteiger partial charge in [0.05, 0.1) is 0 Å². The summed E-state index contributed by atoms with van der Waals surface area (Å²) in [5.74, 6) is -0.377. The zero-order chi connectivity index (χ0) is 13.1. The van der Waals surface area contributed by atoms with E-state index in [2.05, 4.69) is 11.9 Å². The maximum Gasteiger partial charge on any atom is 0.329 e. The number of imide groups is 1. The van der Waals surface area contributed by atoms with Crippen molar-refractivity contribution < 1.29 is 14.7 Å². The van der Waals surface area contributed by atoms with E-state index in [1.807, 2.05) is 0 Å². The summed E-state index contributed by atoms with van der Waals surface area (Å²) in [4.78, 5) is 24.4. The van der Waals surface area contributed by atoms with Gasteiger partial charge >= 0.3 is 6.03 Å². The van der Waals surface area contributed by atoms with Crippen LogP contribution in [0.5, 0.6) is 5.75 Å². The zero-order valence-corrected chi connectivity index (χ0v) is 9.59. The van der Waals surface area contributed by atoms with E-state index in [-0.39, 0.29) is 18.0 Å². The van der Waals surface area contributed by atoms with Crippen molar-refractivity contribution in [3.8, 4) is 5.75 Å². The number of hydrogen-bond donors (Lipinski definition) is 2. The molecular formula is C13H12N2O3. The van der Waals surface area contributed by atoms with Crippen molar-refractivity contribution in [2.24, 2.45) is 0 Å². The fraction of sp³-hybridized carbons (Fsp3) is 0.0769. The summed E-state index contributed by atoms with van der Waals surface area (Å²) in [5, 5.41) is 12.0. The highest BCUT2D eigenvalue weighted by Crippen LogP contribution is 2.20. The van der Waals surface area contributed by atoms with Gasteiger partial charge in [0, 0.05) is 12.1 Å². The molecule has 0 aromatic heterocycles. The van der Waals surface area contributed by atoms with Crippen LogP contribution in [0.2, 0.25) is 0 Å². The Hall–Kier alpha value is -2.56. The number of hydrogen-bond acceptors (Lipinski definition) is 3. The van der Waals surface area contributed by atoms with Crippen molar-refractivity contribution in [3.63, 3.8) is 0 Å². The van der Waals surface area contributed by atoms with Crippen molar-refractivity contribution in [2.75, 3.05) is 6.54 Å². The Labute approximate surface area is 104 Å². The highest BCUT2D eigenvalue weighted by Gasteiger charge is 2.32. The van der Waals surface area contributed by atoms with Crippen LogP contribution in [0, 0.1) is 0 Å². The second-order valence-corrected chi connectivity index (χ2v) is 3.75. The third-order valence-corrected chi connectivity index (χ3v) is 2.51. The molecule has 0 bridgehead atoms. The lowest BCUT2D eigenvalue weighted by molar-refractivity contribution is -0.122. The van der Waals surface area contributed by atoms with Crippen LogP contribution in [-0.2, 0) is 4.79 Å². The molecule has 92 valence electrons. The van der Waals surface area contributed by atoms with Gasteiger partial charge in [-0.15, -0.1) is 6.58 Å². The molecule has 1 aromatic rings. The number of nitrogens with zero attached hydrogens (tertiary/aromatic N) is 1. The van der Waals surface area contributed by atoms with E-state index in [0.29, 0.717) is 5.56 Å². The van der Waals surface area contributed by atoms with Gasteiger partial charge in [0.2, 0.25) is 0 Å². The lowest BCUT2D eigenvalue weighted by atomic mass is 10.1. The molecule has 1 aliphatic heterocycles. The molecule has 2 N–H and O–H groups in total. The summed E-state index contributed by atoms with van der Waals surface area (Å²) in [6.07, 6.45) is 2.92. The first-order chi connectivity index (χ1) is 8.63. The normalized spacial score (nSPS) is 17.1. The molecule has 1 fully saturated rings. The van der Waals surface area contributed by atoms with Crippen LogP contribution in [0.15, 0.2) is 42.6 Å². The number of phenolic OH excluding ortho intramolecular Hbond substituents is 1. The fourth-order valence-electron chi connectivity index (χ4n) is 1.63. The van der Waals surface area contributed by atoms with E-state index in [0.717, 1.165) is 4.90 Å². The van der Waals surface area contributed by atoms with E-state index >= 15 is 0 Å². The minimum Gasteiger partial charge on any atom is -0.507 e. The first kappa shape index (κ1) is 11.9. The minimum absolute atomic E-state index is 0.0502. The highest BCUT2D eigenvalue weighted by atomic mass is 16.3. The lowest BCUT2D eigenvalue weighted by Gasteiger charge is -2.06. The summed E-state index contributed by atoms with van der Waals surface area (Å²) in [7, 11) is 0. The van der Waals surface area contributed by atoms with Crippen LogP contribution < -0.4 is 5.32 Å². The quantitative estimate of drug-likeness (QED) is 0.480. The molecule has 0 radical (unpaired) electrons. The third-order valence-electron chi connectivity index (χ3n) is 2.51. The molecule has 0 spiro atoms. The van der Waals surface area contributed by atoms with E-state index < -0.39 is 11.9 Å². The summed E-state index contributed by atoms with van der Waals surface area (Å²) in [6, 6.07) is 6.08. The van der Waals surface area contributed by atoms with Gasteiger partial charge in [-0.25, -0.2) is 4.79 Å². The number of aromatic hydroxyl groups is 1. The molecule has 0 atom stereocenters. The second-order valence-electron chi connectivity index (χ2n) is 3.75. The molecule has 0 unspecified atom stereocenters. The largest absolute Gasteiger partial charge is 0.507 e. The molecule has 1 heterocycles. The molecule has 0 aliphatic carbocycles. The zero-order valence-electron chi connectivity index (χ0n) is 9.59. The van der Waals surface area contributed by atoms with Gasteiger partial charge in [-0.2, -0.15) is 0 Å². The molecule has 0 saturated carbocycles. The van der Waals surface area contributed by atoms with E-state index in [4.69, 9.17) is 0 Å². The summed E-state index contributed by atoms with van der Waals surface area (Å²) in [6.45, 7) is 3.64. The maximum atomic E-state index is 11.9. The fourth-order valence-corrected chi connectivity index (χ4v) is 1.63. The van der Waals surface area contributed by atoms with Gasteiger partial charge < -0.3 is 10.4 Å². The van der Waals surface area contributed by atoms with Crippen molar-refractivity contribution in [1.82, 2.24) is 10.2 Å². The Bertz CT molecular complexity index is 549. The first-order valence-corrected chi connectivity index (χ1v) is 5.37. The number of urea groups is 1. The van der Waals surface area contributed by atoms with E-state index in [1.54, 1.807) is 18.2 Å². The van der Waals surface area contributed by atoms with Crippen molar-refractivity contribution in [3.05, 3.63) is 48.2 Å². The summed E-state index contributed by atoms with van der Waals surface area (Å²) in [5.41, 5.74) is 0.616. The molecule has 18 heavy (non-hydrogen) atoms. The number of nitrogens with one attached hydrogen (secondary N) is 1. The number of phenols is 1. The number of carbonyl (C=O) groups excluding carboxylic acids is 2. The third kappa shape index (κ3) is 2.10. The van der Waals surface area contributed by atoms with Crippen LogP contribution >= 0.6 is 0 Å². The van der Waals surface area contributed by atoms with Crippen molar-refractivity contribution in [1.29, 1.82) is 0 Å². The number of benzene rings is 1. The summed E-state index contributed by atoms with van der Waals surface area (Å²) >= 11 is 0. The van der Waals surface area contributed by atoms with E-state index in [1.165, 1.54) is 18.2 Å². The molecule has 2 rings (SSSR count). The van der Waals surface area contributed by atoms with Gasteiger partial charge in [-0.1, -0.05) is 24.3 Å². The lowest BCUT2D eigenvalue weighted by Crippen LogP contribution is -2.30. The van der Waals surface area contributed by atoms with Crippen molar-refractivity contribution >= 4 is 18.0 Å². The van der Waals surface area contributed by atoms with Crippen LogP contribution in [0.3, 0.4) is 0 Å². The van der Waals surface area contributed by atoms with Gasteiger partial charge in [0.1, 0.15) is 11.4 Å². The summed E-state index contributed by atoms with van der Waals surface area (Å²) < 4.78 is 0. The molecule has 3 amide bonds. The predicted octanol–water partition coefficient (Wildman–Crippen LogP) is 1.47. The van der Waals surface area contributed by atoms with Crippen LogP contribution in [0.4, 0.5) is 4.79 Å². The molecule has 1 aromatic carbocycles. The Balaban J connectivity index is 2.31. The Kier molecular flexibility index (Phi) is 3.14. The van der Waals surface area contributed by atoms with Gasteiger partial charge in [-0.05, 0) is 12.1 Å². The second kappa shape index (κ2) is 4.75. The minimum atomic E-state index is -0.485. The van der Waals surface area contributed by atoms with Gasteiger partial charge in [0.25, 0.3) is 5.91 Å². The van der Waals surface area contributed by atoms with Crippen LogP contribution in [0.25, 0.3) is 6.08 Å². The highest BCUT2D eigenvalue weighted by molar-refractivity contribution is 6.14. The number of carbonyl (C=O) groups is 2. The topological polar surface area (TPSA) is 69.6 Å². The van der Waals surface area contributed by atoms with Crippen molar-refractivity contribution in [2.45, 2.75) is 0 Å².